The average molecular weight is 330 g/mol. The maximum atomic E-state index is 12.6. The predicted octanol–water partition coefficient (Wildman–Crippen LogP) is 1.51. The van der Waals surface area contributed by atoms with E-state index in [9.17, 15) is 19.5 Å². The van der Waals surface area contributed by atoms with Crippen molar-refractivity contribution in [2.45, 2.75) is 26.3 Å². The van der Waals surface area contributed by atoms with Gasteiger partial charge in [0.1, 0.15) is 0 Å². The summed E-state index contributed by atoms with van der Waals surface area (Å²) < 4.78 is 0. The molecule has 3 rings (SSSR count). The van der Waals surface area contributed by atoms with Crippen LogP contribution in [-0.4, -0.2) is 40.9 Å². The normalized spacial score (nSPS) is 23.1. The molecule has 1 aliphatic heterocycles. The number of likely N-dealkylation sites (tertiary alicyclic amines) is 1. The van der Waals surface area contributed by atoms with Gasteiger partial charge in [-0.25, -0.2) is 0 Å². The van der Waals surface area contributed by atoms with E-state index in [-0.39, 0.29) is 17.7 Å². The molecule has 1 aliphatic carbocycles. The highest BCUT2D eigenvalue weighted by Gasteiger charge is 2.46. The fourth-order valence-electron chi connectivity index (χ4n) is 3.43. The van der Waals surface area contributed by atoms with Gasteiger partial charge < -0.3 is 15.3 Å². The molecular weight excluding hydrogens is 308 g/mol. The van der Waals surface area contributed by atoms with E-state index in [0.717, 1.165) is 18.4 Å². The Morgan fingerprint density at radius 2 is 1.83 bits per heavy atom. The second-order valence-electron chi connectivity index (χ2n) is 6.76. The van der Waals surface area contributed by atoms with Crippen LogP contribution in [0.2, 0.25) is 0 Å². The van der Waals surface area contributed by atoms with Gasteiger partial charge in [-0.1, -0.05) is 12.1 Å². The van der Waals surface area contributed by atoms with Crippen molar-refractivity contribution in [1.29, 1.82) is 0 Å². The number of aliphatic carboxylic acids is 1. The van der Waals surface area contributed by atoms with Crippen LogP contribution in [0.4, 0.5) is 0 Å². The molecule has 0 unspecified atom stereocenters. The number of nitrogens with zero attached hydrogens (tertiary/aromatic N) is 1. The van der Waals surface area contributed by atoms with Gasteiger partial charge in [-0.3, -0.25) is 14.4 Å². The highest BCUT2D eigenvalue weighted by molar-refractivity contribution is 5.95. The van der Waals surface area contributed by atoms with Crippen LogP contribution in [0.15, 0.2) is 24.3 Å². The fraction of sp³-hybridized carbons (Fsp3) is 0.500. The highest BCUT2D eigenvalue weighted by atomic mass is 16.4. The first kappa shape index (κ1) is 16.5. The van der Waals surface area contributed by atoms with Crippen molar-refractivity contribution in [3.63, 3.8) is 0 Å². The lowest BCUT2D eigenvalue weighted by Gasteiger charge is -2.16. The molecule has 2 atom stereocenters. The number of carbonyl (C=O) groups is 3. The van der Waals surface area contributed by atoms with E-state index in [4.69, 9.17) is 0 Å². The molecule has 0 aromatic heterocycles. The second-order valence-corrected chi connectivity index (χ2v) is 6.76. The summed E-state index contributed by atoms with van der Waals surface area (Å²) in [6.07, 6.45) is 2.16. The maximum absolute atomic E-state index is 12.6. The Balaban J connectivity index is 1.65. The van der Waals surface area contributed by atoms with Gasteiger partial charge >= 0.3 is 5.97 Å². The number of nitrogens with one attached hydrogen (secondary N) is 1. The van der Waals surface area contributed by atoms with Crippen LogP contribution in [0, 0.1) is 17.8 Å². The summed E-state index contributed by atoms with van der Waals surface area (Å²) in [6.45, 7) is 2.72. The number of hydrogen-bond donors (Lipinski definition) is 2. The van der Waals surface area contributed by atoms with Crippen LogP contribution in [-0.2, 0) is 16.1 Å². The lowest BCUT2D eigenvalue weighted by Crippen LogP contribution is -2.30. The fourth-order valence-corrected chi connectivity index (χ4v) is 3.43. The Kier molecular flexibility index (Phi) is 4.55. The molecule has 0 radical (unpaired) electrons. The average Bonchev–Trinajstić information content (AvgIpc) is 3.30. The monoisotopic (exact) mass is 330 g/mol. The minimum Gasteiger partial charge on any atom is -0.481 e. The van der Waals surface area contributed by atoms with E-state index >= 15 is 0 Å². The van der Waals surface area contributed by atoms with Crippen LogP contribution < -0.4 is 5.32 Å². The summed E-state index contributed by atoms with van der Waals surface area (Å²) in [5.74, 6) is -0.906. The van der Waals surface area contributed by atoms with Crippen molar-refractivity contribution in [3.8, 4) is 0 Å². The third-order valence-electron chi connectivity index (χ3n) is 4.94. The smallest absolute Gasteiger partial charge is 0.308 e. The van der Waals surface area contributed by atoms with E-state index in [2.05, 4.69) is 5.32 Å². The van der Waals surface area contributed by atoms with Crippen molar-refractivity contribution in [2.24, 2.45) is 17.8 Å². The van der Waals surface area contributed by atoms with Crippen LogP contribution in [0.25, 0.3) is 0 Å². The molecule has 1 aromatic rings. The molecule has 1 heterocycles. The Labute approximate surface area is 140 Å². The Morgan fingerprint density at radius 1 is 1.17 bits per heavy atom. The minimum absolute atomic E-state index is 0.0884. The number of hydrogen-bond acceptors (Lipinski definition) is 3. The summed E-state index contributed by atoms with van der Waals surface area (Å²) >= 11 is 0. The molecule has 1 saturated heterocycles. The molecule has 24 heavy (non-hydrogen) atoms. The Hall–Kier alpha value is -2.37. The zero-order valence-electron chi connectivity index (χ0n) is 13.7. The molecule has 0 bridgehead atoms. The summed E-state index contributed by atoms with van der Waals surface area (Å²) in [5, 5.41) is 12.1. The molecule has 2 amide bonds. The minimum atomic E-state index is -0.798. The molecule has 128 valence electrons. The lowest BCUT2D eigenvalue weighted by molar-refractivity contribution is -0.142. The van der Waals surface area contributed by atoms with E-state index in [1.165, 1.54) is 6.92 Å². The van der Waals surface area contributed by atoms with Crippen LogP contribution >= 0.6 is 0 Å². The standard InChI is InChI=1S/C18H22N2O4/c1-11(21)19-8-12-2-4-14(5-3-12)17(22)20-9-15(13-6-7-13)16(10-20)18(23)24/h2-5,13,15-16H,6-10H2,1H3,(H,19,21)(H,23,24)/t15-,16+/m1/s1. The van der Waals surface area contributed by atoms with Crippen molar-refractivity contribution in [3.05, 3.63) is 35.4 Å². The van der Waals surface area contributed by atoms with Gasteiger partial charge in [0.05, 0.1) is 5.92 Å². The molecule has 0 spiro atoms. The Morgan fingerprint density at radius 3 is 2.38 bits per heavy atom. The van der Waals surface area contributed by atoms with Crippen LogP contribution in [0.3, 0.4) is 0 Å². The molecule has 6 nitrogen and oxygen atoms in total. The number of carboxylic acid groups (broad SMARTS) is 1. The van der Waals surface area contributed by atoms with Gasteiger partial charge in [-0.2, -0.15) is 0 Å². The Bertz CT molecular complexity index is 651. The van der Waals surface area contributed by atoms with Crippen molar-refractivity contribution in [2.75, 3.05) is 13.1 Å². The van der Waals surface area contributed by atoms with Crippen LogP contribution in [0.5, 0.6) is 0 Å². The highest BCUT2D eigenvalue weighted by Crippen LogP contribution is 2.44. The molecule has 1 saturated carbocycles. The first-order valence-corrected chi connectivity index (χ1v) is 8.31. The SMILES string of the molecule is CC(=O)NCc1ccc(C(=O)N2C[C@H](C(=O)O)[C@@H](C3CC3)C2)cc1. The zero-order valence-corrected chi connectivity index (χ0v) is 13.7. The van der Waals surface area contributed by atoms with E-state index < -0.39 is 11.9 Å². The van der Waals surface area contributed by atoms with Gasteiger partial charge in [0.25, 0.3) is 5.91 Å². The second kappa shape index (κ2) is 6.63. The summed E-state index contributed by atoms with van der Waals surface area (Å²) in [5.41, 5.74) is 1.48. The molecule has 2 fully saturated rings. The first-order chi connectivity index (χ1) is 11.5. The van der Waals surface area contributed by atoms with E-state index in [1.54, 1.807) is 17.0 Å². The van der Waals surface area contributed by atoms with Crippen LogP contribution in [0.1, 0.15) is 35.7 Å². The van der Waals surface area contributed by atoms with E-state index in [0.29, 0.717) is 31.1 Å². The number of carbonyl (C=O) groups excluding carboxylic acids is 2. The topological polar surface area (TPSA) is 86.7 Å². The first-order valence-electron chi connectivity index (χ1n) is 8.31. The van der Waals surface area contributed by atoms with Gasteiger partial charge in [-0.15, -0.1) is 0 Å². The third-order valence-corrected chi connectivity index (χ3v) is 4.94. The zero-order chi connectivity index (χ0) is 17.3. The van der Waals surface area contributed by atoms with E-state index in [1.807, 2.05) is 12.1 Å². The number of rotatable bonds is 5. The number of carboxylic acids is 1. The lowest BCUT2D eigenvalue weighted by atomic mass is 9.92. The van der Waals surface area contributed by atoms with Gasteiger partial charge in [0.2, 0.25) is 5.91 Å². The molecule has 1 aromatic carbocycles. The quantitative estimate of drug-likeness (QED) is 0.857. The molecule has 2 aliphatic rings. The largest absolute Gasteiger partial charge is 0.481 e. The van der Waals surface area contributed by atoms with Gasteiger partial charge in [0.15, 0.2) is 0 Å². The third kappa shape index (κ3) is 3.58. The molecule has 6 heteroatoms. The number of benzene rings is 1. The summed E-state index contributed by atoms with van der Waals surface area (Å²) in [4.78, 5) is 36.7. The van der Waals surface area contributed by atoms with Crippen molar-refractivity contribution < 1.29 is 19.5 Å². The van der Waals surface area contributed by atoms with Gasteiger partial charge in [-0.05, 0) is 42.4 Å². The summed E-state index contributed by atoms with van der Waals surface area (Å²) in [6, 6.07) is 7.10. The molecular formula is C18H22N2O4. The number of amides is 2. The van der Waals surface area contributed by atoms with Crippen molar-refractivity contribution >= 4 is 17.8 Å². The van der Waals surface area contributed by atoms with Crippen molar-refractivity contribution in [1.82, 2.24) is 10.2 Å². The summed E-state index contributed by atoms with van der Waals surface area (Å²) in [7, 11) is 0. The van der Waals surface area contributed by atoms with Gasteiger partial charge in [0, 0.05) is 32.1 Å². The maximum Gasteiger partial charge on any atom is 0.308 e. The predicted molar refractivity (Wildman–Crippen MR) is 87.2 cm³/mol. The molecule has 2 N–H and O–H groups in total.